The Morgan fingerprint density at radius 2 is 1.90 bits per heavy atom. The van der Waals surface area contributed by atoms with Crippen molar-refractivity contribution < 1.29 is 28.9 Å². The van der Waals surface area contributed by atoms with Crippen LogP contribution >= 0.6 is 0 Å². The molecule has 3 amide bonds. The van der Waals surface area contributed by atoms with Gasteiger partial charge in [-0.2, -0.15) is 0 Å². The minimum absolute atomic E-state index is 0.104. The maximum atomic E-state index is 13.2. The predicted molar refractivity (Wildman–Crippen MR) is 105 cm³/mol. The van der Waals surface area contributed by atoms with Crippen LogP contribution in [-0.2, 0) is 16.1 Å². The monoisotopic (exact) mass is 418 g/mol. The predicted octanol–water partition coefficient (Wildman–Crippen LogP) is 0.538. The molecule has 1 aromatic carbocycles. The lowest BCUT2D eigenvalue weighted by molar-refractivity contribution is -0.125. The lowest BCUT2D eigenvalue weighted by Gasteiger charge is -2.16. The lowest BCUT2D eigenvalue weighted by Crippen LogP contribution is -2.41. The standard InChI is InChI=1S/C20H23FN4O5/c21-13-4-1-5-14(7-13)25-20(29)24-11-16-19(28)18(27)15(30-16)8-17(26)23-10-12-3-2-6-22-9-12/h1-7,9,15-16,18-19,27-28H,8,10-11H2,(H,23,26)(H2,24,25,29)/t15-,16+,18-,19+/m0/s1. The average Bonchev–Trinajstić information content (AvgIpc) is 2.99. The van der Waals surface area contributed by atoms with Crippen LogP contribution in [-0.4, -0.2) is 58.1 Å². The van der Waals surface area contributed by atoms with Crippen molar-refractivity contribution in [3.05, 3.63) is 60.2 Å². The maximum absolute atomic E-state index is 13.2. The molecule has 0 aliphatic carbocycles. The molecule has 5 N–H and O–H groups in total. The van der Waals surface area contributed by atoms with Crippen molar-refractivity contribution in [3.8, 4) is 0 Å². The summed E-state index contributed by atoms with van der Waals surface area (Å²) in [7, 11) is 0. The number of carbonyl (C=O) groups is 2. The Labute approximate surface area is 172 Å². The fourth-order valence-electron chi connectivity index (χ4n) is 3.06. The molecule has 10 heteroatoms. The second-order valence-corrected chi connectivity index (χ2v) is 6.88. The van der Waals surface area contributed by atoms with Crippen molar-refractivity contribution in [2.45, 2.75) is 37.4 Å². The summed E-state index contributed by atoms with van der Waals surface area (Å²) in [4.78, 5) is 28.0. The number of aromatic nitrogens is 1. The van der Waals surface area contributed by atoms with Crippen molar-refractivity contribution >= 4 is 17.6 Å². The van der Waals surface area contributed by atoms with Gasteiger partial charge in [-0.05, 0) is 29.8 Å². The Morgan fingerprint density at radius 3 is 2.63 bits per heavy atom. The van der Waals surface area contributed by atoms with Gasteiger partial charge in [0.25, 0.3) is 0 Å². The van der Waals surface area contributed by atoms with Crippen LogP contribution in [0.25, 0.3) is 0 Å². The first-order valence-corrected chi connectivity index (χ1v) is 9.40. The normalized spacial score (nSPS) is 23.0. The molecule has 9 nitrogen and oxygen atoms in total. The molecule has 1 aliphatic rings. The van der Waals surface area contributed by atoms with Crippen molar-refractivity contribution in [3.63, 3.8) is 0 Å². The van der Waals surface area contributed by atoms with Crippen molar-refractivity contribution in [2.24, 2.45) is 0 Å². The summed E-state index contributed by atoms with van der Waals surface area (Å²) in [6, 6.07) is 8.33. The van der Waals surface area contributed by atoms with Crippen LogP contribution in [0.1, 0.15) is 12.0 Å². The van der Waals surface area contributed by atoms with E-state index in [0.29, 0.717) is 0 Å². The molecule has 30 heavy (non-hydrogen) atoms. The van der Waals surface area contributed by atoms with Gasteiger partial charge in [-0.3, -0.25) is 9.78 Å². The Bertz CT molecular complexity index is 869. The molecule has 160 valence electrons. The van der Waals surface area contributed by atoms with Gasteiger partial charge in [0.1, 0.15) is 24.1 Å². The number of ether oxygens (including phenoxy) is 1. The molecule has 4 atom stereocenters. The number of urea groups is 1. The summed E-state index contributed by atoms with van der Waals surface area (Å²) in [6.07, 6.45) is -1.24. The highest BCUT2D eigenvalue weighted by molar-refractivity contribution is 5.89. The van der Waals surface area contributed by atoms with E-state index < -0.39 is 36.3 Å². The number of hydrogen-bond acceptors (Lipinski definition) is 6. The topological polar surface area (TPSA) is 133 Å². The van der Waals surface area contributed by atoms with E-state index in [1.54, 1.807) is 18.5 Å². The number of aliphatic hydroxyl groups is 2. The molecular formula is C20H23FN4O5. The van der Waals surface area contributed by atoms with E-state index in [0.717, 1.165) is 11.6 Å². The molecule has 1 fully saturated rings. The van der Waals surface area contributed by atoms with E-state index in [4.69, 9.17) is 4.74 Å². The number of aliphatic hydroxyl groups excluding tert-OH is 2. The van der Waals surface area contributed by atoms with Crippen LogP contribution in [0, 0.1) is 5.82 Å². The second kappa shape index (κ2) is 10.1. The summed E-state index contributed by atoms with van der Waals surface area (Å²) in [5.74, 6) is -0.845. The first-order chi connectivity index (χ1) is 14.4. The minimum atomic E-state index is -1.27. The van der Waals surface area contributed by atoms with Crippen molar-refractivity contribution in [1.82, 2.24) is 15.6 Å². The fourth-order valence-corrected chi connectivity index (χ4v) is 3.06. The molecule has 3 rings (SSSR count). The molecule has 1 saturated heterocycles. The van der Waals surface area contributed by atoms with Crippen LogP contribution in [0.3, 0.4) is 0 Å². The van der Waals surface area contributed by atoms with Crippen molar-refractivity contribution in [2.75, 3.05) is 11.9 Å². The fraction of sp³-hybridized carbons (Fsp3) is 0.350. The van der Waals surface area contributed by atoms with Gasteiger partial charge in [0.2, 0.25) is 5.91 Å². The number of nitrogens with zero attached hydrogens (tertiary/aromatic N) is 1. The number of nitrogens with one attached hydrogen (secondary N) is 3. The molecule has 1 aromatic heterocycles. The Kier molecular flexibility index (Phi) is 7.28. The third kappa shape index (κ3) is 5.96. The summed E-state index contributed by atoms with van der Waals surface area (Å²) < 4.78 is 18.7. The zero-order valence-corrected chi connectivity index (χ0v) is 16.0. The Balaban J connectivity index is 1.43. The largest absolute Gasteiger partial charge is 0.388 e. The van der Waals surface area contributed by atoms with Gasteiger partial charge in [0.15, 0.2) is 0 Å². The molecular weight excluding hydrogens is 395 g/mol. The van der Waals surface area contributed by atoms with Gasteiger partial charge in [0.05, 0.1) is 12.5 Å². The first-order valence-electron chi connectivity index (χ1n) is 9.40. The summed E-state index contributed by atoms with van der Waals surface area (Å²) >= 11 is 0. The SMILES string of the molecule is O=C(C[C@@H]1O[C@H](CNC(=O)Nc2cccc(F)c2)[C@@H](O)[C@H]1O)NCc1cccnc1. The maximum Gasteiger partial charge on any atom is 0.319 e. The van der Waals surface area contributed by atoms with Crippen LogP contribution in [0.4, 0.5) is 14.9 Å². The number of anilines is 1. The molecule has 1 aliphatic heterocycles. The molecule has 0 radical (unpaired) electrons. The number of hydrogen-bond donors (Lipinski definition) is 5. The third-order valence-corrected chi connectivity index (χ3v) is 4.61. The van der Waals surface area contributed by atoms with Gasteiger partial charge < -0.3 is 30.9 Å². The minimum Gasteiger partial charge on any atom is -0.388 e. The molecule has 2 heterocycles. The van der Waals surface area contributed by atoms with E-state index in [1.807, 2.05) is 6.07 Å². The van der Waals surface area contributed by atoms with Crippen molar-refractivity contribution in [1.29, 1.82) is 0 Å². The van der Waals surface area contributed by atoms with Crippen LogP contribution in [0.5, 0.6) is 0 Å². The summed E-state index contributed by atoms with van der Waals surface area (Å²) in [5, 5.41) is 27.9. The van der Waals surface area contributed by atoms with E-state index in [1.165, 1.54) is 18.2 Å². The molecule has 2 aromatic rings. The van der Waals surface area contributed by atoms with E-state index in [9.17, 15) is 24.2 Å². The molecule has 0 spiro atoms. The number of amides is 3. The lowest BCUT2D eigenvalue weighted by atomic mass is 10.1. The highest BCUT2D eigenvalue weighted by Crippen LogP contribution is 2.23. The highest BCUT2D eigenvalue weighted by atomic mass is 19.1. The molecule has 0 saturated carbocycles. The quantitative estimate of drug-likeness (QED) is 0.446. The van der Waals surface area contributed by atoms with Gasteiger partial charge in [-0.25, -0.2) is 9.18 Å². The highest BCUT2D eigenvalue weighted by Gasteiger charge is 2.43. The number of halogens is 1. The van der Waals surface area contributed by atoms with Gasteiger partial charge in [0, 0.05) is 31.2 Å². The zero-order valence-electron chi connectivity index (χ0n) is 16.0. The second-order valence-electron chi connectivity index (χ2n) is 6.88. The first kappa shape index (κ1) is 21.6. The third-order valence-electron chi connectivity index (χ3n) is 4.61. The number of pyridine rings is 1. The van der Waals surface area contributed by atoms with Crippen LogP contribution < -0.4 is 16.0 Å². The molecule has 0 unspecified atom stereocenters. The average molecular weight is 418 g/mol. The van der Waals surface area contributed by atoms with Crippen LogP contribution in [0.2, 0.25) is 0 Å². The zero-order chi connectivity index (χ0) is 21.5. The summed E-state index contributed by atoms with van der Waals surface area (Å²) in [6.45, 7) is 0.177. The van der Waals surface area contributed by atoms with Gasteiger partial charge in [-0.15, -0.1) is 0 Å². The molecule has 0 bridgehead atoms. The van der Waals surface area contributed by atoms with Crippen LogP contribution in [0.15, 0.2) is 48.8 Å². The van der Waals surface area contributed by atoms with Gasteiger partial charge >= 0.3 is 6.03 Å². The number of carbonyl (C=O) groups excluding carboxylic acids is 2. The smallest absolute Gasteiger partial charge is 0.319 e. The van der Waals surface area contributed by atoms with E-state index >= 15 is 0 Å². The number of benzene rings is 1. The van der Waals surface area contributed by atoms with Gasteiger partial charge in [-0.1, -0.05) is 12.1 Å². The number of rotatable bonds is 7. The Hall–Kier alpha value is -3.08. The Morgan fingerprint density at radius 1 is 1.10 bits per heavy atom. The van der Waals surface area contributed by atoms with E-state index in [2.05, 4.69) is 20.9 Å². The summed E-state index contributed by atoms with van der Waals surface area (Å²) in [5.41, 5.74) is 1.09. The van der Waals surface area contributed by atoms with E-state index in [-0.39, 0.29) is 31.1 Å².